The van der Waals surface area contributed by atoms with Crippen molar-refractivity contribution in [3.05, 3.63) is 138 Å². The molecule has 0 fully saturated rings. The van der Waals surface area contributed by atoms with Gasteiger partial charge in [-0.3, -0.25) is 0 Å². The summed E-state index contributed by atoms with van der Waals surface area (Å²) >= 11 is 0. The number of hydrogen-bond acceptors (Lipinski definition) is 4. The van der Waals surface area contributed by atoms with Gasteiger partial charge in [-0.15, -0.1) is 0 Å². The molecule has 0 aliphatic heterocycles. The van der Waals surface area contributed by atoms with Crippen LogP contribution in [0, 0.1) is 17.9 Å². The number of carbonyl (C=O) groups excluding carboxylic acids is 1. The first kappa shape index (κ1) is 25.9. The molecule has 200 valence electrons. The third-order valence-electron chi connectivity index (χ3n) is 6.62. The topological polar surface area (TPSA) is 87.7 Å². The van der Waals surface area contributed by atoms with Crippen LogP contribution in [0.4, 0.5) is 21.9 Å². The zero-order valence-electron chi connectivity index (χ0n) is 22.2. The van der Waals surface area contributed by atoms with Gasteiger partial charge in [0.15, 0.2) is 5.69 Å². The number of fused-ring (bicyclic) bond motifs is 2. The summed E-state index contributed by atoms with van der Waals surface area (Å²) in [4.78, 5) is 16.6. The highest BCUT2D eigenvalue weighted by atomic mass is 16.5. The number of carbonyl (C=O) groups is 1. The van der Waals surface area contributed by atoms with Crippen LogP contribution in [-0.2, 0) is 0 Å². The van der Waals surface area contributed by atoms with Crippen LogP contribution in [0.15, 0.2) is 121 Å². The Bertz CT molecular complexity index is 1880. The van der Waals surface area contributed by atoms with Gasteiger partial charge in [0.2, 0.25) is 0 Å². The predicted molar refractivity (Wildman–Crippen MR) is 165 cm³/mol. The summed E-state index contributed by atoms with van der Waals surface area (Å²) < 4.78 is 12.0. The first-order valence-electron chi connectivity index (χ1n) is 13.0. The average Bonchev–Trinajstić information content (AvgIpc) is 3.02. The standard InChI is InChI=1S/C35H22N4O3/c1-37-26-12-18-28(19-13-26)42-30-17-11-25-5-3-7-34(32(25)21-30)39-35(40)38-33-6-2-4-24-10-16-29(20-31(24)33)41-27-14-8-23(22-36)9-15-27/h2-21H,(H2,38,39,40). The Morgan fingerprint density at radius 1 is 0.643 bits per heavy atom. The quantitative estimate of drug-likeness (QED) is 0.204. The normalized spacial score (nSPS) is 10.4. The fourth-order valence-corrected chi connectivity index (χ4v) is 4.58. The summed E-state index contributed by atoms with van der Waals surface area (Å²) in [6.45, 7) is 7.11. The molecular formula is C35H22N4O3. The molecule has 0 aromatic heterocycles. The van der Waals surface area contributed by atoms with E-state index in [-0.39, 0.29) is 0 Å². The molecule has 42 heavy (non-hydrogen) atoms. The van der Waals surface area contributed by atoms with Crippen LogP contribution in [0.3, 0.4) is 0 Å². The highest BCUT2D eigenvalue weighted by Gasteiger charge is 2.11. The molecule has 0 radical (unpaired) electrons. The summed E-state index contributed by atoms with van der Waals surface area (Å²) in [5, 5.41) is 18.5. The van der Waals surface area contributed by atoms with Crippen molar-refractivity contribution in [3.8, 4) is 29.1 Å². The minimum absolute atomic E-state index is 0.394. The van der Waals surface area contributed by atoms with Crippen LogP contribution in [0.25, 0.3) is 26.4 Å². The van der Waals surface area contributed by atoms with Gasteiger partial charge in [0.1, 0.15) is 23.0 Å². The van der Waals surface area contributed by atoms with E-state index in [1.165, 1.54) is 0 Å². The van der Waals surface area contributed by atoms with Crippen molar-refractivity contribution < 1.29 is 14.3 Å². The van der Waals surface area contributed by atoms with E-state index in [0.29, 0.717) is 45.6 Å². The largest absolute Gasteiger partial charge is 0.457 e. The van der Waals surface area contributed by atoms with Crippen LogP contribution in [0.2, 0.25) is 0 Å². The Labute approximate surface area is 242 Å². The van der Waals surface area contributed by atoms with E-state index in [1.54, 1.807) is 48.5 Å². The molecule has 0 atom stereocenters. The van der Waals surface area contributed by atoms with E-state index >= 15 is 0 Å². The van der Waals surface area contributed by atoms with Crippen LogP contribution < -0.4 is 20.1 Å². The minimum Gasteiger partial charge on any atom is -0.457 e. The summed E-state index contributed by atoms with van der Waals surface area (Å²) in [7, 11) is 0. The first-order chi connectivity index (χ1) is 20.6. The maximum absolute atomic E-state index is 13.2. The second-order valence-electron chi connectivity index (χ2n) is 9.40. The number of nitrogens with zero attached hydrogens (tertiary/aromatic N) is 2. The van der Waals surface area contributed by atoms with Gasteiger partial charge < -0.3 is 20.1 Å². The van der Waals surface area contributed by atoms with Gasteiger partial charge in [0.25, 0.3) is 0 Å². The fraction of sp³-hybridized carbons (Fsp3) is 0. The van der Waals surface area contributed by atoms with Gasteiger partial charge >= 0.3 is 6.03 Å². The highest BCUT2D eigenvalue weighted by Crippen LogP contribution is 2.33. The van der Waals surface area contributed by atoms with Crippen molar-refractivity contribution in [1.29, 1.82) is 5.26 Å². The smallest absolute Gasteiger partial charge is 0.323 e. The number of anilines is 2. The lowest BCUT2D eigenvalue weighted by Gasteiger charge is -2.14. The van der Waals surface area contributed by atoms with Crippen molar-refractivity contribution >= 4 is 44.6 Å². The molecule has 7 heteroatoms. The molecule has 6 rings (SSSR count). The molecule has 0 spiro atoms. The molecular weight excluding hydrogens is 524 g/mol. The van der Waals surface area contributed by atoms with Gasteiger partial charge in [0, 0.05) is 10.8 Å². The number of hydrogen-bond donors (Lipinski definition) is 2. The summed E-state index contributed by atoms with van der Waals surface area (Å²) in [6.07, 6.45) is 0. The van der Waals surface area contributed by atoms with Gasteiger partial charge in [-0.1, -0.05) is 48.5 Å². The van der Waals surface area contributed by atoms with Crippen molar-refractivity contribution in [2.75, 3.05) is 10.6 Å². The van der Waals surface area contributed by atoms with Crippen LogP contribution in [-0.4, -0.2) is 6.03 Å². The van der Waals surface area contributed by atoms with Crippen molar-refractivity contribution in [2.24, 2.45) is 0 Å². The van der Waals surface area contributed by atoms with Gasteiger partial charge in [0.05, 0.1) is 29.6 Å². The van der Waals surface area contributed by atoms with Crippen molar-refractivity contribution in [1.82, 2.24) is 0 Å². The van der Waals surface area contributed by atoms with E-state index in [9.17, 15) is 4.79 Å². The Balaban J connectivity index is 1.22. The minimum atomic E-state index is -0.394. The molecule has 0 saturated heterocycles. The number of rotatable bonds is 6. The van der Waals surface area contributed by atoms with Gasteiger partial charge in [-0.2, -0.15) is 5.26 Å². The number of nitrogens with one attached hydrogen (secondary N) is 2. The number of amides is 2. The third kappa shape index (κ3) is 5.67. The lowest BCUT2D eigenvalue weighted by Crippen LogP contribution is -2.19. The highest BCUT2D eigenvalue weighted by molar-refractivity contribution is 6.09. The monoisotopic (exact) mass is 546 g/mol. The second kappa shape index (κ2) is 11.4. The zero-order valence-corrected chi connectivity index (χ0v) is 22.2. The number of nitriles is 1. The van der Waals surface area contributed by atoms with E-state index in [4.69, 9.17) is 21.3 Å². The molecule has 2 N–H and O–H groups in total. The predicted octanol–water partition coefficient (Wildman–Crippen LogP) is 9.64. The SMILES string of the molecule is [C-]#[N+]c1ccc(Oc2ccc3cccc(NC(=O)Nc4cccc5ccc(Oc6ccc(C#N)cc6)cc45)c3c2)cc1. The maximum atomic E-state index is 13.2. The first-order valence-corrected chi connectivity index (χ1v) is 13.0. The van der Waals surface area contributed by atoms with E-state index in [0.717, 1.165) is 21.5 Å². The maximum Gasteiger partial charge on any atom is 0.323 e. The Kier molecular flexibility index (Phi) is 7.06. The van der Waals surface area contributed by atoms with Crippen LogP contribution in [0.1, 0.15) is 5.56 Å². The van der Waals surface area contributed by atoms with E-state index < -0.39 is 6.03 Å². The third-order valence-corrected chi connectivity index (χ3v) is 6.62. The Morgan fingerprint density at radius 3 is 1.60 bits per heavy atom. The molecule has 0 aliphatic carbocycles. The zero-order chi connectivity index (χ0) is 28.9. The molecule has 0 bridgehead atoms. The Hall–Kier alpha value is -6.31. The lowest BCUT2D eigenvalue weighted by molar-refractivity contribution is 0.262. The molecule has 6 aromatic carbocycles. The van der Waals surface area contributed by atoms with Gasteiger partial charge in [-0.25, -0.2) is 9.64 Å². The van der Waals surface area contributed by atoms with Crippen LogP contribution in [0.5, 0.6) is 23.0 Å². The number of benzene rings is 6. The molecule has 0 saturated carbocycles. The molecule has 2 amide bonds. The second-order valence-corrected chi connectivity index (χ2v) is 9.40. The van der Waals surface area contributed by atoms with Crippen LogP contribution >= 0.6 is 0 Å². The fourth-order valence-electron chi connectivity index (χ4n) is 4.58. The summed E-state index contributed by atoms with van der Waals surface area (Å²) in [5.41, 5.74) is 2.35. The summed E-state index contributed by atoms with van der Waals surface area (Å²) in [5.74, 6) is 2.43. The molecule has 6 aromatic rings. The molecule has 7 nitrogen and oxygen atoms in total. The van der Waals surface area contributed by atoms with Crippen molar-refractivity contribution in [3.63, 3.8) is 0 Å². The average molecular weight is 547 g/mol. The molecule has 0 unspecified atom stereocenters. The van der Waals surface area contributed by atoms with Crippen molar-refractivity contribution in [2.45, 2.75) is 0 Å². The number of urea groups is 1. The summed E-state index contributed by atoms with van der Waals surface area (Å²) in [6, 6.07) is 38.2. The van der Waals surface area contributed by atoms with E-state index in [1.807, 2.05) is 72.8 Å². The van der Waals surface area contributed by atoms with Gasteiger partial charge in [-0.05, 0) is 83.6 Å². The number of ether oxygens (including phenoxy) is 2. The van der Waals surface area contributed by atoms with E-state index in [2.05, 4.69) is 21.5 Å². The Morgan fingerprint density at radius 2 is 1.12 bits per heavy atom. The lowest BCUT2D eigenvalue weighted by atomic mass is 10.1. The molecule has 0 aliphatic rings. The molecule has 0 heterocycles.